The molecule has 1 nitrogen and oxygen atoms in total. The smallest absolute Gasteiger partial charge is 0.0462 e. The third kappa shape index (κ3) is 8.80. The van der Waals surface area contributed by atoms with E-state index in [9.17, 15) is 0 Å². The topological polar surface area (TPSA) is 3.24 Å². The maximum atomic E-state index is 3.92. The highest BCUT2D eigenvalue weighted by Gasteiger charge is 2.13. The lowest BCUT2D eigenvalue weighted by Gasteiger charge is -2.26. The number of anilines is 3. The number of benzene rings is 4. The van der Waals surface area contributed by atoms with Crippen molar-refractivity contribution in [3.63, 3.8) is 0 Å². The van der Waals surface area contributed by atoms with E-state index < -0.39 is 0 Å². The van der Waals surface area contributed by atoms with Gasteiger partial charge in [-0.3, -0.25) is 0 Å². The van der Waals surface area contributed by atoms with Crippen LogP contribution in [-0.4, -0.2) is 0 Å². The first kappa shape index (κ1) is 31.5. The summed E-state index contributed by atoms with van der Waals surface area (Å²) < 4.78 is 0. The summed E-state index contributed by atoms with van der Waals surface area (Å²) in [6.45, 7) is 13.6. The van der Waals surface area contributed by atoms with Crippen molar-refractivity contribution in [1.29, 1.82) is 0 Å². The highest BCUT2D eigenvalue weighted by Crippen LogP contribution is 2.36. The average Bonchev–Trinajstić information content (AvgIpc) is 3.08. The van der Waals surface area contributed by atoms with Crippen molar-refractivity contribution >= 4 is 28.7 Å². The largest absolute Gasteiger partial charge is 0.311 e. The summed E-state index contributed by atoms with van der Waals surface area (Å²) in [5.74, 6) is 0. The number of hydrogen-bond acceptors (Lipinski definition) is 1. The molecule has 218 valence electrons. The number of hydrogen-bond donors (Lipinski definition) is 0. The van der Waals surface area contributed by atoms with Gasteiger partial charge in [-0.25, -0.2) is 0 Å². The summed E-state index contributed by atoms with van der Waals surface area (Å²) in [6.07, 6.45) is 24.1. The van der Waals surface area contributed by atoms with Gasteiger partial charge in [-0.15, -0.1) is 0 Å². The zero-order valence-corrected chi connectivity index (χ0v) is 25.6. The van der Waals surface area contributed by atoms with Gasteiger partial charge in [0.05, 0.1) is 0 Å². The van der Waals surface area contributed by atoms with Crippen molar-refractivity contribution in [3.05, 3.63) is 200 Å². The molecule has 0 saturated carbocycles. The predicted molar refractivity (Wildman–Crippen MR) is 195 cm³/mol. The van der Waals surface area contributed by atoms with Crippen LogP contribution in [0.25, 0.3) is 22.8 Å². The molecule has 0 radical (unpaired) electrons. The van der Waals surface area contributed by atoms with E-state index >= 15 is 0 Å². The molecule has 1 heteroatoms. The molecule has 0 aliphatic heterocycles. The maximum absolute atomic E-state index is 3.92. The monoisotopic (exact) mass is 571 g/mol. The summed E-state index contributed by atoms with van der Waals surface area (Å²) in [5, 5.41) is 0. The predicted octanol–water partition coefficient (Wildman–Crippen LogP) is 12.6. The van der Waals surface area contributed by atoms with Gasteiger partial charge in [0.2, 0.25) is 0 Å². The number of allylic oxidation sites excluding steroid dienone is 12. The van der Waals surface area contributed by atoms with Crippen LogP contribution in [0.1, 0.15) is 30.9 Å². The molecule has 0 unspecified atom stereocenters. The van der Waals surface area contributed by atoms with Gasteiger partial charge < -0.3 is 4.90 Å². The SMILES string of the molecule is C=C/C=C\C=C/c1ccc(-c2ccc(N(c3ccccc3)c3ccc(C(/C=C\C(C=C)=C\C=C)=C/CCC)cc3)cc2)cc1. The lowest BCUT2D eigenvalue weighted by molar-refractivity contribution is 0.960. The fraction of sp³-hybridized carbons (Fsp3) is 0.0698. The van der Waals surface area contributed by atoms with E-state index in [0.717, 1.165) is 41.0 Å². The number of para-hydroxylation sites is 1. The third-order valence-electron chi connectivity index (χ3n) is 7.14. The molecular weight excluding hydrogens is 530 g/mol. The second-order valence-corrected chi connectivity index (χ2v) is 10.3. The van der Waals surface area contributed by atoms with Crippen LogP contribution >= 0.6 is 0 Å². The second kappa shape index (κ2) is 16.9. The highest BCUT2D eigenvalue weighted by molar-refractivity contribution is 5.81. The minimum Gasteiger partial charge on any atom is -0.311 e. The Balaban J connectivity index is 1.62. The van der Waals surface area contributed by atoms with Gasteiger partial charge in [0.1, 0.15) is 0 Å². The van der Waals surface area contributed by atoms with Crippen molar-refractivity contribution < 1.29 is 0 Å². The van der Waals surface area contributed by atoms with Crippen molar-refractivity contribution in [2.75, 3.05) is 4.90 Å². The Bertz CT molecular complexity index is 1660. The lowest BCUT2D eigenvalue weighted by atomic mass is 10.0. The molecule has 4 aromatic rings. The first-order chi connectivity index (χ1) is 21.7. The summed E-state index contributed by atoms with van der Waals surface area (Å²) in [7, 11) is 0. The van der Waals surface area contributed by atoms with Crippen LogP contribution in [0.2, 0.25) is 0 Å². The molecule has 4 aromatic carbocycles. The Morgan fingerprint density at radius 2 is 1.25 bits per heavy atom. The van der Waals surface area contributed by atoms with Crippen LogP contribution in [0, 0.1) is 0 Å². The zero-order chi connectivity index (χ0) is 31.0. The quantitative estimate of drug-likeness (QED) is 0.136. The van der Waals surface area contributed by atoms with Crippen molar-refractivity contribution in [2.24, 2.45) is 0 Å². The van der Waals surface area contributed by atoms with E-state index in [-0.39, 0.29) is 0 Å². The Morgan fingerprint density at radius 3 is 1.84 bits per heavy atom. The van der Waals surface area contributed by atoms with E-state index in [0.29, 0.717) is 0 Å². The summed E-state index contributed by atoms with van der Waals surface area (Å²) in [4.78, 5) is 2.30. The molecule has 0 spiro atoms. The zero-order valence-electron chi connectivity index (χ0n) is 25.6. The fourth-order valence-corrected chi connectivity index (χ4v) is 4.82. The van der Waals surface area contributed by atoms with Gasteiger partial charge in [0, 0.05) is 17.1 Å². The lowest BCUT2D eigenvalue weighted by Crippen LogP contribution is -2.09. The van der Waals surface area contributed by atoms with Gasteiger partial charge in [-0.05, 0) is 76.2 Å². The van der Waals surface area contributed by atoms with E-state index in [1.165, 1.54) is 22.3 Å². The van der Waals surface area contributed by atoms with Crippen LogP contribution in [0.15, 0.2) is 189 Å². The van der Waals surface area contributed by atoms with E-state index in [4.69, 9.17) is 0 Å². The molecule has 0 aromatic heterocycles. The minimum atomic E-state index is 1.02. The van der Waals surface area contributed by atoms with Crippen LogP contribution in [-0.2, 0) is 0 Å². The van der Waals surface area contributed by atoms with Crippen molar-refractivity contribution in [2.45, 2.75) is 19.8 Å². The van der Waals surface area contributed by atoms with E-state index in [1.54, 1.807) is 12.2 Å². The summed E-state index contributed by atoms with van der Waals surface area (Å²) in [6, 6.07) is 36.8. The van der Waals surface area contributed by atoms with Crippen LogP contribution in [0.5, 0.6) is 0 Å². The van der Waals surface area contributed by atoms with Crippen LogP contribution in [0.4, 0.5) is 17.1 Å². The van der Waals surface area contributed by atoms with Gasteiger partial charge in [-0.2, -0.15) is 0 Å². The maximum Gasteiger partial charge on any atom is 0.0462 e. The molecule has 0 aliphatic carbocycles. The molecule has 44 heavy (non-hydrogen) atoms. The Hall–Kier alpha value is -5.40. The van der Waals surface area contributed by atoms with Gasteiger partial charge in [-0.1, -0.05) is 167 Å². The van der Waals surface area contributed by atoms with Gasteiger partial charge in [0.25, 0.3) is 0 Å². The van der Waals surface area contributed by atoms with Crippen molar-refractivity contribution in [3.8, 4) is 11.1 Å². The molecular formula is C43H41N. The van der Waals surface area contributed by atoms with E-state index in [1.807, 2.05) is 30.4 Å². The summed E-state index contributed by atoms with van der Waals surface area (Å²) in [5.41, 5.74) is 10.3. The number of nitrogens with zero attached hydrogens (tertiary/aromatic N) is 1. The Kier molecular flexibility index (Phi) is 12.1. The molecule has 0 amide bonds. The first-order valence-corrected chi connectivity index (χ1v) is 15.1. The third-order valence-corrected chi connectivity index (χ3v) is 7.14. The Morgan fingerprint density at radius 1 is 0.636 bits per heavy atom. The minimum absolute atomic E-state index is 1.02. The molecule has 0 fully saturated rings. The van der Waals surface area contributed by atoms with Crippen LogP contribution < -0.4 is 4.90 Å². The summed E-state index contributed by atoms with van der Waals surface area (Å²) >= 11 is 0. The average molecular weight is 572 g/mol. The van der Waals surface area contributed by atoms with Crippen LogP contribution in [0.3, 0.4) is 0 Å². The first-order valence-electron chi connectivity index (χ1n) is 15.1. The molecule has 0 bridgehead atoms. The molecule has 4 rings (SSSR count). The Labute approximate surface area is 264 Å². The molecule has 0 atom stereocenters. The molecule has 0 N–H and O–H groups in total. The molecule has 0 saturated heterocycles. The molecule has 0 aliphatic rings. The fourth-order valence-electron chi connectivity index (χ4n) is 4.82. The molecule has 0 heterocycles. The highest BCUT2D eigenvalue weighted by atomic mass is 15.1. The van der Waals surface area contributed by atoms with Gasteiger partial charge in [0.15, 0.2) is 0 Å². The number of unbranched alkanes of at least 4 members (excludes halogenated alkanes) is 1. The standard InChI is InChI=1S/C43H41N/c1-5-9-11-13-17-36-22-25-38(26-23-36)40-29-33-43(34-30-40)44(41-19-14-12-15-20-41)42-31-27-39(28-32-42)37(18-10-6-2)24-21-35(8-4)16-7-3/h5,7-9,11-34H,1,3-4,6,10H2,2H3/b11-9-,17-13-,24-21-,35-16+,37-18+. The van der Waals surface area contributed by atoms with Crippen molar-refractivity contribution in [1.82, 2.24) is 0 Å². The van der Waals surface area contributed by atoms with E-state index in [2.05, 4.69) is 159 Å². The second-order valence-electron chi connectivity index (χ2n) is 10.3. The normalized spacial score (nSPS) is 12.2. The van der Waals surface area contributed by atoms with Gasteiger partial charge >= 0.3 is 0 Å². The number of rotatable bonds is 14.